The van der Waals surface area contributed by atoms with E-state index >= 15 is 0 Å². The Hall–Kier alpha value is -1.59. The molecule has 1 unspecified atom stereocenters. The van der Waals surface area contributed by atoms with E-state index in [2.05, 4.69) is 17.2 Å². The van der Waals surface area contributed by atoms with Gasteiger partial charge in [-0.05, 0) is 30.5 Å². The average Bonchev–Trinajstić information content (AvgIpc) is 2.83. The van der Waals surface area contributed by atoms with Crippen molar-refractivity contribution >= 4 is 11.6 Å². The molecule has 5 nitrogen and oxygen atoms in total. The first-order valence-electron chi connectivity index (χ1n) is 6.60. The normalized spacial score (nSPS) is 12.4. The number of ether oxygens (including phenoxy) is 1. The Balaban J connectivity index is 1.98. The van der Waals surface area contributed by atoms with Crippen LogP contribution in [0.25, 0.3) is 0 Å². The lowest BCUT2D eigenvalue weighted by Crippen LogP contribution is -2.21. The maximum atomic E-state index is 6.22. The molecular formula is C14H19ClN4O. The lowest BCUT2D eigenvalue weighted by atomic mass is 10.0. The molecule has 0 aliphatic heterocycles. The van der Waals surface area contributed by atoms with Crippen LogP contribution in [0.2, 0.25) is 5.02 Å². The van der Waals surface area contributed by atoms with E-state index in [1.165, 1.54) is 0 Å². The van der Waals surface area contributed by atoms with Gasteiger partial charge in [0.15, 0.2) is 0 Å². The van der Waals surface area contributed by atoms with Crippen molar-refractivity contribution in [2.75, 3.05) is 0 Å². The fourth-order valence-corrected chi connectivity index (χ4v) is 2.11. The van der Waals surface area contributed by atoms with Gasteiger partial charge < -0.3 is 10.5 Å². The minimum atomic E-state index is 0.164. The van der Waals surface area contributed by atoms with E-state index in [4.69, 9.17) is 22.1 Å². The zero-order valence-corrected chi connectivity index (χ0v) is 12.5. The molecular weight excluding hydrogens is 276 g/mol. The number of nitrogens with two attached hydrogens (primary N) is 1. The molecule has 1 heterocycles. The van der Waals surface area contributed by atoms with Crippen molar-refractivity contribution in [1.29, 1.82) is 0 Å². The Morgan fingerprint density at radius 2 is 2.25 bits per heavy atom. The standard InChI is InChI=1S/C14H19ClN4O/c1-3-11(16)6-10-4-5-14(13(15)7-10)20-9-12-8-19(2)18-17-12/h4-5,7-8,11H,3,6,9,16H2,1-2H3. The third-order valence-electron chi connectivity index (χ3n) is 3.04. The first-order valence-corrected chi connectivity index (χ1v) is 6.98. The fraction of sp³-hybridized carbons (Fsp3) is 0.429. The van der Waals surface area contributed by atoms with E-state index in [9.17, 15) is 0 Å². The van der Waals surface area contributed by atoms with Crippen molar-refractivity contribution in [3.63, 3.8) is 0 Å². The number of benzene rings is 1. The Morgan fingerprint density at radius 3 is 2.85 bits per heavy atom. The lowest BCUT2D eigenvalue weighted by Gasteiger charge is -2.11. The van der Waals surface area contributed by atoms with Crippen LogP contribution in [-0.2, 0) is 20.1 Å². The molecule has 0 saturated carbocycles. The highest BCUT2D eigenvalue weighted by Crippen LogP contribution is 2.26. The number of aryl methyl sites for hydroxylation is 1. The summed E-state index contributed by atoms with van der Waals surface area (Å²) in [5.74, 6) is 0.645. The molecule has 0 radical (unpaired) electrons. The molecule has 108 valence electrons. The number of halogens is 1. The molecule has 0 fully saturated rings. The molecule has 0 bridgehead atoms. The summed E-state index contributed by atoms with van der Waals surface area (Å²) in [5.41, 5.74) is 7.82. The van der Waals surface area contributed by atoms with Crippen LogP contribution in [0.3, 0.4) is 0 Å². The molecule has 1 aromatic carbocycles. The summed E-state index contributed by atoms with van der Waals surface area (Å²) in [6, 6.07) is 5.94. The second-order valence-electron chi connectivity index (χ2n) is 4.81. The summed E-state index contributed by atoms with van der Waals surface area (Å²) < 4.78 is 7.28. The van der Waals surface area contributed by atoms with Crippen LogP contribution in [0.4, 0.5) is 0 Å². The molecule has 0 aliphatic carbocycles. The highest BCUT2D eigenvalue weighted by Gasteiger charge is 2.07. The molecule has 6 heteroatoms. The Labute approximate surface area is 123 Å². The maximum Gasteiger partial charge on any atom is 0.138 e. The van der Waals surface area contributed by atoms with E-state index < -0.39 is 0 Å². The molecule has 1 atom stereocenters. The predicted octanol–water partition coefficient (Wildman–Crippen LogP) is 2.33. The Bertz CT molecular complexity index is 570. The predicted molar refractivity (Wildman–Crippen MR) is 78.8 cm³/mol. The van der Waals surface area contributed by atoms with Gasteiger partial charge in [0.25, 0.3) is 0 Å². The zero-order valence-electron chi connectivity index (χ0n) is 11.7. The minimum Gasteiger partial charge on any atom is -0.486 e. The summed E-state index contributed by atoms with van der Waals surface area (Å²) in [5, 5.41) is 8.40. The maximum absolute atomic E-state index is 6.22. The van der Waals surface area contributed by atoms with Gasteiger partial charge in [0.1, 0.15) is 18.1 Å². The van der Waals surface area contributed by atoms with Crippen LogP contribution in [0.5, 0.6) is 5.75 Å². The van der Waals surface area contributed by atoms with Crippen molar-refractivity contribution < 1.29 is 4.74 Å². The van der Waals surface area contributed by atoms with Crippen molar-refractivity contribution in [1.82, 2.24) is 15.0 Å². The summed E-state index contributed by atoms with van der Waals surface area (Å²) in [6.07, 6.45) is 3.58. The van der Waals surface area contributed by atoms with E-state index in [0.717, 1.165) is 24.1 Å². The Morgan fingerprint density at radius 1 is 1.45 bits per heavy atom. The van der Waals surface area contributed by atoms with Gasteiger partial charge in [0.2, 0.25) is 0 Å². The monoisotopic (exact) mass is 294 g/mol. The van der Waals surface area contributed by atoms with Crippen LogP contribution in [0.1, 0.15) is 24.6 Å². The fourth-order valence-electron chi connectivity index (χ4n) is 1.85. The van der Waals surface area contributed by atoms with Crippen LogP contribution < -0.4 is 10.5 Å². The quantitative estimate of drug-likeness (QED) is 0.888. The Kier molecular flexibility index (Phi) is 4.98. The van der Waals surface area contributed by atoms with E-state index in [0.29, 0.717) is 17.4 Å². The second kappa shape index (κ2) is 6.72. The number of rotatable bonds is 6. The van der Waals surface area contributed by atoms with E-state index in [1.807, 2.05) is 31.4 Å². The van der Waals surface area contributed by atoms with Gasteiger partial charge in [-0.2, -0.15) is 0 Å². The van der Waals surface area contributed by atoms with Crippen molar-refractivity contribution in [3.8, 4) is 5.75 Å². The smallest absolute Gasteiger partial charge is 0.138 e. The third-order valence-corrected chi connectivity index (χ3v) is 3.34. The lowest BCUT2D eigenvalue weighted by molar-refractivity contribution is 0.301. The van der Waals surface area contributed by atoms with E-state index in [1.54, 1.807) is 4.68 Å². The highest BCUT2D eigenvalue weighted by molar-refractivity contribution is 6.32. The molecule has 0 aliphatic rings. The molecule has 20 heavy (non-hydrogen) atoms. The van der Waals surface area contributed by atoms with Gasteiger partial charge in [-0.3, -0.25) is 4.68 Å². The van der Waals surface area contributed by atoms with Crippen LogP contribution in [0, 0.1) is 0 Å². The molecule has 2 aromatic rings. The SMILES string of the molecule is CCC(N)Cc1ccc(OCc2cn(C)nn2)c(Cl)c1. The molecule has 2 N–H and O–H groups in total. The molecule has 0 amide bonds. The number of hydrogen-bond acceptors (Lipinski definition) is 4. The van der Waals surface area contributed by atoms with Crippen LogP contribution in [-0.4, -0.2) is 21.0 Å². The second-order valence-corrected chi connectivity index (χ2v) is 5.22. The summed E-state index contributed by atoms with van der Waals surface area (Å²) in [4.78, 5) is 0. The summed E-state index contributed by atoms with van der Waals surface area (Å²) in [7, 11) is 1.81. The number of aromatic nitrogens is 3. The summed E-state index contributed by atoms with van der Waals surface area (Å²) >= 11 is 6.22. The van der Waals surface area contributed by atoms with Gasteiger partial charge in [0, 0.05) is 13.1 Å². The van der Waals surface area contributed by atoms with Crippen molar-refractivity contribution in [2.24, 2.45) is 12.8 Å². The summed E-state index contributed by atoms with van der Waals surface area (Å²) in [6.45, 7) is 2.42. The van der Waals surface area contributed by atoms with Gasteiger partial charge in [-0.15, -0.1) is 5.10 Å². The minimum absolute atomic E-state index is 0.164. The first-order chi connectivity index (χ1) is 9.58. The van der Waals surface area contributed by atoms with Crippen LogP contribution in [0.15, 0.2) is 24.4 Å². The highest BCUT2D eigenvalue weighted by atomic mass is 35.5. The topological polar surface area (TPSA) is 66.0 Å². The van der Waals surface area contributed by atoms with Gasteiger partial charge >= 0.3 is 0 Å². The van der Waals surface area contributed by atoms with E-state index in [-0.39, 0.29) is 6.04 Å². The van der Waals surface area contributed by atoms with Gasteiger partial charge in [0.05, 0.1) is 11.2 Å². The van der Waals surface area contributed by atoms with Crippen LogP contribution >= 0.6 is 11.6 Å². The average molecular weight is 295 g/mol. The van der Waals surface area contributed by atoms with Gasteiger partial charge in [-0.1, -0.05) is 29.8 Å². The third kappa shape index (κ3) is 3.95. The zero-order chi connectivity index (χ0) is 14.5. The number of nitrogens with zero attached hydrogens (tertiary/aromatic N) is 3. The largest absolute Gasteiger partial charge is 0.486 e. The molecule has 2 rings (SSSR count). The molecule has 0 saturated heterocycles. The van der Waals surface area contributed by atoms with Gasteiger partial charge in [-0.25, -0.2) is 0 Å². The number of hydrogen-bond donors (Lipinski definition) is 1. The van der Waals surface area contributed by atoms with Crippen molar-refractivity contribution in [2.45, 2.75) is 32.4 Å². The molecule has 0 spiro atoms. The molecule has 1 aromatic heterocycles. The first kappa shape index (κ1) is 14.8. The van der Waals surface area contributed by atoms with Crippen molar-refractivity contribution in [3.05, 3.63) is 40.7 Å².